The molecular weight excluding hydrogens is 446 g/mol. The van der Waals surface area contributed by atoms with Gasteiger partial charge in [0, 0.05) is 32.6 Å². The molecule has 2 N–H and O–H groups in total. The maximum absolute atomic E-state index is 13.6. The van der Waals surface area contributed by atoms with Gasteiger partial charge in [0.05, 0.1) is 29.6 Å². The third kappa shape index (κ3) is 5.67. The van der Waals surface area contributed by atoms with Gasteiger partial charge in [-0.3, -0.25) is 14.3 Å². The number of para-hydroxylation sites is 1. The summed E-state index contributed by atoms with van der Waals surface area (Å²) in [6.07, 6.45) is 2.35. The summed E-state index contributed by atoms with van der Waals surface area (Å²) in [5, 5.41) is 17.0. The van der Waals surface area contributed by atoms with Crippen LogP contribution in [0, 0.1) is 18.8 Å². The van der Waals surface area contributed by atoms with Crippen LogP contribution in [0.15, 0.2) is 24.3 Å². The van der Waals surface area contributed by atoms with Crippen molar-refractivity contribution in [2.45, 2.75) is 45.8 Å². The molecule has 2 amide bonds. The predicted octanol–water partition coefficient (Wildman–Crippen LogP) is 2.54. The van der Waals surface area contributed by atoms with Gasteiger partial charge in [0.1, 0.15) is 11.8 Å². The number of nitrogens with one attached hydrogen (secondary N) is 1. The standard InChI is InChI=1S/C26H37N5O4/c1-16-12-31(18(3)15-32)26(34)20-7-6-8-21(27-25(33)22-11-17(2)28-30(22)5)24(20)35-23(16)14-29(4)13-19-9-10-19/h6-8,11,16,18-19,23,32H,9-10,12-15H2,1-5H3,(H,27,33)/t16-,18-,23-/m0/s1. The average molecular weight is 484 g/mol. The van der Waals surface area contributed by atoms with Gasteiger partial charge in [-0.15, -0.1) is 0 Å². The van der Waals surface area contributed by atoms with E-state index < -0.39 is 0 Å². The SMILES string of the molecule is Cc1cc(C(=O)Nc2cccc3c2O[C@@H](CN(C)CC2CC2)[C@@H](C)CN([C@@H](C)CO)C3=O)n(C)n1. The van der Waals surface area contributed by atoms with Gasteiger partial charge in [0.15, 0.2) is 5.75 Å². The Morgan fingerprint density at radius 1 is 1.34 bits per heavy atom. The Hall–Kier alpha value is -2.91. The number of fused-ring (bicyclic) bond motifs is 1. The van der Waals surface area contributed by atoms with E-state index in [1.807, 2.05) is 13.8 Å². The zero-order valence-electron chi connectivity index (χ0n) is 21.3. The number of anilines is 1. The number of amides is 2. The van der Waals surface area contributed by atoms with Gasteiger partial charge < -0.3 is 25.0 Å². The van der Waals surface area contributed by atoms with Gasteiger partial charge in [-0.25, -0.2) is 0 Å². The Labute approximate surface area is 207 Å². The molecule has 0 bridgehead atoms. The van der Waals surface area contributed by atoms with Gasteiger partial charge in [-0.2, -0.15) is 5.10 Å². The number of nitrogens with zero attached hydrogens (tertiary/aromatic N) is 4. The summed E-state index contributed by atoms with van der Waals surface area (Å²) in [6, 6.07) is 6.60. The molecule has 0 radical (unpaired) electrons. The molecule has 190 valence electrons. The topological polar surface area (TPSA) is 99.9 Å². The summed E-state index contributed by atoms with van der Waals surface area (Å²) in [4.78, 5) is 30.7. The van der Waals surface area contributed by atoms with Crippen LogP contribution in [0.4, 0.5) is 5.69 Å². The largest absolute Gasteiger partial charge is 0.486 e. The van der Waals surface area contributed by atoms with Crippen LogP contribution in [-0.2, 0) is 7.05 Å². The number of aryl methyl sites for hydroxylation is 2. The molecule has 2 aliphatic rings. The fourth-order valence-electron chi connectivity index (χ4n) is 4.69. The molecule has 0 saturated heterocycles. The number of aromatic nitrogens is 2. The highest BCUT2D eigenvalue weighted by molar-refractivity contribution is 6.06. The highest BCUT2D eigenvalue weighted by Crippen LogP contribution is 2.36. The second kappa shape index (κ2) is 10.4. The molecule has 1 fully saturated rings. The molecule has 0 spiro atoms. The van der Waals surface area contributed by atoms with E-state index in [1.165, 1.54) is 17.5 Å². The molecule has 1 saturated carbocycles. The molecule has 1 aliphatic carbocycles. The summed E-state index contributed by atoms with van der Waals surface area (Å²) >= 11 is 0. The maximum Gasteiger partial charge on any atom is 0.274 e. The first-order valence-corrected chi connectivity index (χ1v) is 12.4. The van der Waals surface area contributed by atoms with Crippen molar-refractivity contribution in [3.63, 3.8) is 0 Å². The first kappa shape index (κ1) is 25.2. The minimum atomic E-state index is -0.337. The first-order valence-electron chi connectivity index (χ1n) is 12.4. The van der Waals surface area contributed by atoms with E-state index >= 15 is 0 Å². The summed E-state index contributed by atoms with van der Waals surface area (Å²) < 4.78 is 8.10. The normalized spacial score (nSPS) is 21.2. The molecule has 3 atom stereocenters. The van der Waals surface area contributed by atoms with Gasteiger partial charge in [-0.1, -0.05) is 13.0 Å². The molecule has 0 unspecified atom stereocenters. The number of carbonyl (C=O) groups is 2. The van der Waals surface area contributed by atoms with Gasteiger partial charge >= 0.3 is 0 Å². The lowest BCUT2D eigenvalue weighted by molar-refractivity contribution is 0.0345. The Kier molecular flexibility index (Phi) is 7.47. The van der Waals surface area contributed by atoms with Crippen molar-refractivity contribution >= 4 is 17.5 Å². The molecule has 1 aliphatic heterocycles. The average Bonchev–Trinajstić information content (AvgIpc) is 3.56. The highest BCUT2D eigenvalue weighted by atomic mass is 16.5. The van der Waals surface area contributed by atoms with Crippen LogP contribution >= 0.6 is 0 Å². The molecule has 35 heavy (non-hydrogen) atoms. The predicted molar refractivity (Wildman–Crippen MR) is 134 cm³/mol. The number of hydrogen-bond acceptors (Lipinski definition) is 6. The molecule has 2 heterocycles. The van der Waals surface area contributed by atoms with Crippen molar-refractivity contribution in [1.82, 2.24) is 19.6 Å². The monoisotopic (exact) mass is 483 g/mol. The molecule has 9 heteroatoms. The van der Waals surface area contributed by atoms with Crippen LogP contribution in [0.2, 0.25) is 0 Å². The zero-order valence-corrected chi connectivity index (χ0v) is 21.3. The highest BCUT2D eigenvalue weighted by Gasteiger charge is 2.35. The Morgan fingerprint density at radius 3 is 2.71 bits per heavy atom. The smallest absolute Gasteiger partial charge is 0.274 e. The third-order valence-corrected chi connectivity index (χ3v) is 6.93. The summed E-state index contributed by atoms with van der Waals surface area (Å²) in [7, 11) is 3.82. The lowest BCUT2D eigenvalue weighted by Crippen LogP contribution is -2.50. The van der Waals surface area contributed by atoms with E-state index in [-0.39, 0.29) is 36.5 Å². The number of carbonyl (C=O) groups excluding carboxylic acids is 2. The number of benzene rings is 1. The van der Waals surface area contributed by atoms with Crippen LogP contribution < -0.4 is 10.1 Å². The van der Waals surface area contributed by atoms with E-state index in [9.17, 15) is 14.7 Å². The summed E-state index contributed by atoms with van der Waals surface area (Å²) in [5.41, 5.74) is 1.99. The number of ether oxygens (including phenoxy) is 1. The molecule has 1 aromatic carbocycles. The van der Waals surface area contributed by atoms with Crippen LogP contribution in [0.1, 0.15) is 53.2 Å². The van der Waals surface area contributed by atoms with Crippen LogP contribution in [0.5, 0.6) is 5.75 Å². The second-order valence-corrected chi connectivity index (χ2v) is 10.2. The van der Waals surface area contributed by atoms with E-state index in [2.05, 4.69) is 29.3 Å². The number of aliphatic hydroxyl groups excluding tert-OH is 1. The Morgan fingerprint density at radius 2 is 2.09 bits per heavy atom. The van der Waals surface area contributed by atoms with Crippen molar-refractivity contribution in [3.05, 3.63) is 41.2 Å². The van der Waals surface area contributed by atoms with Crippen LogP contribution in [0.25, 0.3) is 0 Å². The number of likely N-dealkylation sites (N-methyl/N-ethyl adjacent to an activating group) is 1. The van der Waals surface area contributed by atoms with E-state index in [0.29, 0.717) is 35.8 Å². The van der Waals surface area contributed by atoms with Crippen LogP contribution in [-0.4, -0.2) is 81.9 Å². The molecule has 2 aromatic rings. The first-order chi connectivity index (χ1) is 16.7. The van der Waals surface area contributed by atoms with Gasteiger partial charge in [0.25, 0.3) is 11.8 Å². The third-order valence-electron chi connectivity index (χ3n) is 6.93. The Balaban J connectivity index is 1.69. The minimum absolute atomic E-state index is 0.0197. The van der Waals surface area contributed by atoms with Crippen LogP contribution in [0.3, 0.4) is 0 Å². The molecule has 9 nitrogen and oxygen atoms in total. The summed E-state index contributed by atoms with van der Waals surface area (Å²) in [6.45, 7) is 7.83. The van der Waals surface area contributed by atoms with E-state index in [1.54, 1.807) is 36.2 Å². The maximum atomic E-state index is 13.6. The fourth-order valence-corrected chi connectivity index (χ4v) is 4.69. The van der Waals surface area contributed by atoms with Crippen molar-refractivity contribution in [2.24, 2.45) is 18.9 Å². The number of hydrogen-bond donors (Lipinski definition) is 2. The second-order valence-electron chi connectivity index (χ2n) is 10.2. The van der Waals surface area contributed by atoms with E-state index in [0.717, 1.165) is 18.2 Å². The summed E-state index contributed by atoms with van der Waals surface area (Å²) in [5.74, 6) is 0.602. The van der Waals surface area contributed by atoms with Gasteiger partial charge in [-0.05, 0) is 57.9 Å². The van der Waals surface area contributed by atoms with E-state index in [4.69, 9.17) is 4.74 Å². The zero-order chi connectivity index (χ0) is 25.3. The lowest BCUT2D eigenvalue weighted by atomic mass is 9.99. The quantitative estimate of drug-likeness (QED) is 0.599. The Bertz CT molecular complexity index is 1080. The van der Waals surface area contributed by atoms with Gasteiger partial charge in [0.2, 0.25) is 0 Å². The molecule has 1 aromatic heterocycles. The molecular formula is C26H37N5O4. The minimum Gasteiger partial charge on any atom is -0.486 e. The fraction of sp³-hybridized carbons (Fsp3) is 0.577. The van der Waals surface area contributed by atoms with Crippen molar-refractivity contribution in [2.75, 3.05) is 38.6 Å². The lowest BCUT2D eigenvalue weighted by Gasteiger charge is -2.38. The number of rotatable bonds is 8. The van der Waals surface area contributed by atoms with Crippen molar-refractivity contribution in [1.29, 1.82) is 0 Å². The molecule has 4 rings (SSSR count). The van der Waals surface area contributed by atoms with Crippen molar-refractivity contribution in [3.8, 4) is 5.75 Å². The van der Waals surface area contributed by atoms with Crippen molar-refractivity contribution < 1.29 is 19.4 Å². The number of aliphatic hydroxyl groups is 1.